The van der Waals surface area contributed by atoms with Crippen molar-refractivity contribution in [1.29, 1.82) is 0 Å². The van der Waals surface area contributed by atoms with Gasteiger partial charge in [0.05, 0.1) is 23.2 Å². The molecule has 0 saturated carbocycles. The summed E-state index contributed by atoms with van der Waals surface area (Å²) in [6.45, 7) is 4.19. The quantitative estimate of drug-likeness (QED) is 0.557. The first kappa shape index (κ1) is 16.6. The van der Waals surface area contributed by atoms with Gasteiger partial charge in [0, 0.05) is 24.2 Å². The summed E-state index contributed by atoms with van der Waals surface area (Å²) in [5, 5.41) is 0.999. The molecule has 0 radical (unpaired) electrons. The van der Waals surface area contributed by atoms with Gasteiger partial charge in [0.2, 0.25) is 5.88 Å². The van der Waals surface area contributed by atoms with Crippen LogP contribution in [0.5, 0.6) is 11.6 Å². The van der Waals surface area contributed by atoms with Gasteiger partial charge in [0.1, 0.15) is 5.75 Å². The summed E-state index contributed by atoms with van der Waals surface area (Å²) in [5.74, 6) is 0.953. The molecule has 2 aromatic rings. The number of aromatic nitrogens is 1. The summed E-state index contributed by atoms with van der Waals surface area (Å²) >= 11 is 11.9. The van der Waals surface area contributed by atoms with Gasteiger partial charge in [-0.25, -0.2) is 9.98 Å². The molecule has 4 nitrogen and oxygen atoms in total. The van der Waals surface area contributed by atoms with Crippen LogP contribution in [-0.4, -0.2) is 29.3 Å². The molecule has 1 aromatic carbocycles. The number of rotatable bonds is 5. The van der Waals surface area contributed by atoms with Gasteiger partial charge in [-0.1, -0.05) is 23.2 Å². The van der Waals surface area contributed by atoms with E-state index >= 15 is 0 Å². The maximum Gasteiger partial charge on any atom is 0.219 e. The van der Waals surface area contributed by atoms with Crippen molar-refractivity contribution < 1.29 is 4.74 Å². The van der Waals surface area contributed by atoms with Gasteiger partial charge in [0.25, 0.3) is 0 Å². The Morgan fingerprint density at radius 1 is 1.23 bits per heavy atom. The average Bonchev–Trinajstić information content (AvgIpc) is 2.49. The molecular formula is C16H17Cl2N3O. The molecule has 0 bridgehead atoms. The van der Waals surface area contributed by atoms with Crippen LogP contribution >= 0.6 is 23.2 Å². The van der Waals surface area contributed by atoms with Crippen molar-refractivity contribution in [2.45, 2.75) is 19.9 Å². The van der Waals surface area contributed by atoms with Crippen LogP contribution in [0, 0.1) is 0 Å². The topological polar surface area (TPSA) is 37.7 Å². The Bertz CT molecular complexity index is 657. The molecule has 0 aliphatic rings. The maximum atomic E-state index is 6.06. The monoisotopic (exact) mass is 337 g/mol. The number of aliphatic imine (C=N–C) groups is 1. The lowest BCUT2D eigenvalue weighted by Gasteiger charge is -2.17. The number of pyridine rings is 1. The lowest BCUT2D eigenvalue weighted by Crippen LogP contribution is -2.24. The van der Waals surface area contributed by atoms with Gasteiger partial charge in [-0.05, 0) is 38.1 Å². The smallest absolute Gasteiger partial charge is 0.219 e. The highest BCUT2D eigenvalue weighted by molar-refractivity contribution is 6.35. The number of nitrogens with zero attached hydrogens (tertiary/aromatic N) is 3. The average molecular weight is 338 g/mol. The molecule has 0 fully saturated rings. The molecular weight excluding hydrogens is 321 g/mol. The third-order valence-electron chi connectivity index (χ3n) is 3.03. The fourth-order valence-electron chi connectivity index (χ4n) is 1.47. The first-order chi connectivity index (χ1) is 10.5. The molecule has 0 N–H and O–H groups in total. The Labute approximate surface area is 140 Å². The van der Waals surface area contributed by atoms with E-state index in [0.717, 1.165) is 5.69 Å². The first-order valence-corrected chi connectivity index (χ1v) is 7.56. The van der Waals surface area contributed by atoms with Gasteiger partial charge in [-0.15, -0.1) is 0 Å². The Morgan fingerprint density at radius 2 is 2.00 bits per heavy atom. The molecule has 0 amide bonds. The molecule has 0 spiro atoms. The molecule has 0 aliphatic heterocycles. The van der Waals surface area contributed by atoms with Gasteiger partial charge in [-0.2, -0.15) is 0 Å². The summed E-state index contributed by atoms with van der Waals surface area (Å²) in [5.41, 5.74) is 0.752. The van der Waals surface area contributed by atoms with Crippen LogP contribution in [0.2, 0.25) is 10.0 Å². The molecule has 0 atom stereocenters. The van der Waals surface area contributed by atoms with E-state index in [1.165, 1.54) is 0 Å². The summed E-state index contributed by atoms with van der Waals surface area (Å²) < 4.78 is 5.62. The normalized spacial score (nSPS) is 11.2. The molecule has 1 heterocycles. The zero-order valence-corrected chi connectivity index (χ0v) is 14.1. The largest absolute Gasteiger partial charge is 0.437 e. The van der Waals surface area contributed by atoms with Crippen LogP contribution in [-0.2, 0) is 0 Å². The predicted molar refractivity (Wildman–Crippen MR) is 91.8 cm³/mol. The third-order valence-corrected chi connectivity index (χ3v) is 3.56. The maximum absolute atomic E-state index is 6.06. The Morgan fingerprint density at radius 3 is 2.59 bits per heavy atom. The lowest BCUT2D eigenvalue weighted by molar-refractivity contribution is 0.429. The minimum absolute atomic E-state index is 0.395. The van der Waals surface area contributed by atoms with E-state index in [2.05, 4.69) is 23.8 Å². The molecule has 1 aromatic heterocycles. The Hall–Kier alpha value is -1.78. The minimum atomic E-state index is 0.395. The van der Waals surface area contributed by atoms with Crippen molar-refractivity contribution in [3.05, 3.63) is 46.6 Å². The number of halogens is 2. The zero-order valence-electron chi connectivity index (χ0n) is 12.6. The molecule has 6 heteroatoms. The summed E-state index contributed by atoms with van der Waals surface area (Å²) in [6, 6.07) is 9.01. The van der Waals surface area contributed by atoms with E-state index < -0.39 is 0 Å². The fraction of sp³-hybridized carbons (Fsp3) is 0.250. The number of hydrogen-bond acceptors (Lipinski definition) is 3. The van der Waals surface area contributed by atoms with Gasteiger partial charge in [0.15, 0.2) is 0 Å². The number of ether oxygens (including phenoxy) is 1. The summed E-state index contributed by atoms with van der Waals surface area (Å²) in [6.07, 6.45) is 3.42. The van der Waals surface area contributed by atoms with Crippen LogP contribution in [0.3, 0.4) is 0 Å². The molecule has 0 saturated heterocycles. The lowest BCUT2D eigenvalue weighted by atomic mass is 10.3. The van der Waals surface area contributed by atoms with E-state index in [1.807, 2.05) is 18.0 Å². The summed E-state index contributed by atoms with van der Waals surface area (Å²) in [7, 11) is 1.97. The number of hydrogen-bond donors (Lipinski definition) is 0. The third kappa shape index (κ3) is 4.61. The molecule has 22 heavy (non-hydrogen) atoms. The van der Waals surface area contributed by atoms with Crippen molar-refractivity contribution in [2.24, 2.45) is 4.99 Å². The highest BCUT2D eigenvalue weighted by Crippen LogP contribution is 2.31. The van der Waals surface area contributed by atoms with Crippen LogP contribution in [0.4, 0.5) is 5.69 Å². The standard InChI is InChI=1S/C16H17Cl2N3O/c1-11(2)21(3)10-20-13-5-7-16(19-9-13)22-15-6-4-12(17)8-14(15)18/h4-11H,1-3H3/b20-10+. The van der Waals surface area contributed by atoms with E-state index in [9.17, 15) is 0 Å². The van der Waals surface area contributed by atoms with Crippen molar-refractivity contribution in [2.75, 3.05) is 7.05 Å². The SMILES string of the molecule is CC(C)N(C)/C=N/c1ccc(Oc2ccc(Cl)cc2Cl)nc1. The van der Waals surface area contributed by atoms with Crippen molar-refractivity contribution >= 4 is 35.2 Å². The molecule has 116 valence electrons. The van der Waals surface area contributed by atoms with Gasteiger partial charge < -0.3 is 9.64 Å². The Balaban J connectivity index is 2.06. The zero-order chi connectivity index (χ0) is 16.1. The van der Waals surface area contributed by atoms with E-state index in [-0.39, 0.29) is 0 Å². The van der Waals surface area contributed by atoms with E-state index in [4.69, 9.17) is 27.9 Å². The van der Waals surface area contributed by atoms with Crippen molar-refractivity contribution in [1.82, 2.24) is 9.88 Å². The molecule has 0 unspecified atom stereocenters. The number of benzene rings is 1. The minimum Gasteiger partial charge on any atom is -0.437 e. The van der Waals surface area contributed by atoms with Gasteiger partial charge >= 0.3 is 0 Å². The predicted octanol–water partition coefficient (Wildman–Crippen LogP) is 5.18. The first-order valence-electron chi connectivity index (χ1n) is 6.81. The van der Waals surface area contributed by atoms with E-state index in [1.54, 1.807) is 36.8 Å². The van der Waals surface area contributed by atoms with Crippen molar-refractivity contribution in [3.63, 3.8) is 0 Å². The van der Waals surface area contributed by atoms with Crippen LogP contribution in [0.25, 0.3) is 0 Å². The molecule has 2 rings (SSSR count). The van der Waals surface area contributed by atoms with Crippen molar-refractivity contribution in [3.8, 4) is 11.6 Å². The second-order valence-electron chi connectivity index (χ2n) is 5.04. The van der Waals surface area contributed by atoms with Crippen LogP contribution in [0.15, 0.2) is 41.5 Å². The second kappa shape index (κ2) is 7.47. The van der Waals surface area contributed by atoms with Crippen LogP contribution < -0.4 is 4.74 Å². The van der Waals surface area contributed by atoms with Gasteiger partial charge in [-0.3, -0.25) is 0 Å². The summed E-state index contributed by atoms with van der Waals surface area (Å²) in [4.78, 5) is 10.6. The molecule has 0 aliphatic carbocycles. The van der Waals surface area contributed by atoms with E-state index in [0.29, 0.717) is 27.7 Å². The Kier molecular flexibility index (Phi) is 5.63. The highest BCUT2D eigenvalue weighted by atomic mass is 35.5. The second-order valence-corrected chi connectivity index (χ2v) is 5.88. The highest BCUT2D eigenvalue weighted by Gasteiger charge is 2.05. The fourth-order valence-corrected chi connectivity index (χ4v) is 1.92. The van der Waals surface area contributed by atoms with Crippen LogP contribution in [0.1, 0.15) is 13.8 Å².